The molecule has 4 N–H and O–H groups in total. The van der Waals surface area contributed by atoms with Crippen molar-refractivity contribution in [3.8, 4) is 0 Å². The molecule has 0 aromatic carbocycles. The molecule has 0 spiro atoms. The number of rotatable bonds is 3. The molecule has 0 radical (unpaired) electrons. The number of carboxylic acids is 2. The van der Waals surface area contributed by atoms with Crippen molar-refractivity contribution in [3.63, 3.8) is 0 Å². The Hall–Kier alpha value is 0.496. The minimum Gasteiger partial charge on any atom is -0.479 e. The summed E-state index contributed by atoms with van der Waals surface area (Å²) in [7, 11) is 0. The van der Waals surface area contributed by atoms with Gasteiger partial charge in [0, 0.05) is 0 Å². The number of carboxylic acid groups (broad SMARTS) is 2. The smallest absolute Gasteiger partial charge is 0.479 e. The third-order valence-electron chi connectivity index (χ3n) is 0.805. The fraction of sp³-hybridized carbons (Fsp3) is 0.500. The minimum absolute atomic E-state index is 0. The average molecular weight is 189 g/mol. The van der Waals surface area contributed by atoms with Crippen LogP contribution in [0.2, 0.25) is 0 Å². The fourth-order valence-corrected chi connectivity index (χ4v) is 0.270. The number of hydrogen-bond donors (Lipinski definition) is 4. The summed E-state index contributed by atoms with van der Waals surface area (Å²) in [6, 6.07) is 0. The van der Waals surface area contributed by atoms with Crippen LogP contribution in [0.25, 0.3) is 0 Å². The Morgan fingerprint density at radius 3 is 1.18 bits per heavy atom. The molecule has 0 aromatic heterocycles. The third-order valence-corrected chi connectivity index (χ3v) is 0.805. The molecule has 0 aliphatic heterocycles. The van der Waals surface area contributed by atoms with Gasteiger partial charge >= 0.3 is 63.3 Å². The van der Waals surface area contributed by atoms with Gasteiger partial charge in [-0.1, -0.05) is 0 Å². The number of carbonyl (C=O) groups is 2. The van der Waals surface area contributed by atoms with E-state index in [1.54, 1.807) is 0 Å². The Morgan fingerprint density at radius 2 is 1.09 bits per heavy atom. The molecule has 0 aromatic rings. The molecule has 58 valence electrons. The van der Waals surface area contributed by atoms with Crippen LogP contribution in [0.4, 0.5) is 0 Å². The Bertz CT molecular complexity index is 139. The van der Waals surface area contributed by atoms with Gasteiger partial charge in [0.15, 0.2) is 12.2 Å². The molecule has 0 aliphatic rings. The molecule has 2 unspecified atom stereocenters. The summed E-state index contributed by atoms with van der Waals surface area (Å²) < 4.78 is 0. The SMILES string of the molecule is O=C(O)C(O)C(O)C(=O)O.[K+]. The van der Waals surface area contributed by atoms with E-state index < -0.39 is 24.1 Å². The van der Waals surface area contributed by atoms with Gasteiger partial charge in [-0.15, -0.1) is 0 Å². The quantitative estimate of drug-likeness (QED) is 0.330. The van der Waals surface area contributed by atoms with Gasteiger partial charge in [-0.05, 0) is 0 Å². The van der Waals surface area contributed by atoms with Crippen LogP contribution in [-0.4, -0.2) is 44.6 Å². The largest absolute Gasteiger partial charge is 1.00 e. The van der Waals surface area contributed by atoms with E-state index in [1.165, 1.54) is 0 Å². The normalized spacial score (nSPS) is 14.4. The second kappa shape index (κ2) is 6.06. The van der Waals surface area contributed by atoms with Crippen LogP contribution in [0.5, 0.6) is 0 Å². The van der Waals surface area contributed by atoms with Crippen molar-refractivity contribution in [2.45, 2.75) is 12.2 Å². The molecular weight excluding hydrogens is 183 g/mol. The zero-order valence-corrected chi connectivity index (χ0v) is 8.88. The van der Waals surface area contributed by atoms with E-state index in [0.717, 1.165) is 0 Å². The zero-order chi connectivity index (χ0) is 8.31. The van der Waals surface area contributed by atoms with E-state index in [0.29, 0.717) is 0 Å². The van der Waals surface area contributed by atoms with E-state index in [9.17, 15) is 9.59 Å². The molecule has 11 heavy (non-hydrogen) atoms. The first kappa shape index (κ1) is 14.0. The van der Waals surface area contributed by atoms with Crippen LogP contribution in [-0.2, 0) is 9.59 Å². The molecule has 0 saturated heterocycles. The molecule has 0 heterocycles. The summed E-state index contributed by atoms with van der Waals surface area (Å²) in [5, 5.41) is 32.5. The standard InChI is InChI=1S/C4H6O6.K/c5-1(3(7)8)2(6)4(9)10;/h1-2,5-6H,(H,7,8)(H,9,10);/q;+1. The minimum atomic E-state index is -2.27. The number of aliphatic hydroxyl groups is 2. The van der Waals surface area contributed by atoms with Crippen molar-refractivity contribution in [2.75, 3.05) is 0 Å². The third kappa shape index (κ3) is 4.85. The van der Waals surface area contributed by atoms with Crippen LogP contribution in [0.15, 0.2) is 0 Å². The monoisotopic (exact) mass is 189 g/mol. The summed E-state index contributed by atoms with van der Waals surface area (Å²) in [6.45, 7) is 0. The Morgan fingerprint density at radius 1 is 0.909 bits per heavy atom. The van der Waals surface area contributed by atoms with E-state index in [2.05, 4.69) is 0 Å². The summed E-state index contributed by atoms with van der Waals surface area (Å²) >= 11 is 0. The molecule has 0 rings (SSSR count). The topological polar surface area (TPSA) is 115 Å². The van der Waals surface area contributed by atoms with Crippen molar-refractivity contribution in [1.82, 2.24) is 0 Å². The van der Waals surface area contributed by atoms with Gasteiger partial charge in [-0.25, -0.2) is 9.59 Å². The first-order chi connectivity index (χ1) is 4.46. The Labute approximate surface area is 104 Å². The summed E-state index contributed by atoms with van der Waals surface area (Å²) in [6.07, 6.45) is -4.53. The molecular formula is C4H6KO6+. The molecule has 0 saturated carbocycles. The van der Waals surface area contributed by atoms with E-state index >= 15 is 0 Å². The van der Waals surface area contributed by atoms with Crippen LogP contribution in [0.1, 0.15) is 0 Å². The summed E-state index contributed by atoms with van der Waals surface area (Å²) in [5.41, 5.74) is 0. The van der Waals surface area contributed by atoms with Crippen LogP contribution >= 0.6 is 0 Å². The maximum absolute atomic E-state index is 9.77. The van der Waals surface area contributed by atoms with Crippen LogP contribution in [0, 0.1) is 0 Å². The maximum atomic E-state index is 9.77. The predicted octanol–water partition coefficient (Wildman–Crippen LogP) is -5.12. The average Bonchev–Trinajstić information content (AvgIpc) is 1.84. The van der Waals surface area contributed by atoms with Gasteiger partial charge in [-0.2, -0.15) is 0 Å². The van der Waals surface area contributed by atoms with Crippen molar-refractivity contribution < 1.29 is 81.4 Å². The Balaban J connectivity index is 0. The Kier molecular flexibility index (Phi) is 7.74. The van der Waals surface area contributed by atoms with Gasteiger partial charge in [0.2, 0.25) is 0 Å². The van der Waals surface area contributed by atoms with Gasteiger partial charge in [0.1, 0.15) is 0 Å². The molecule has 2 atom stereocenters. The van der Waals surface area contributed by atoms with Crippen molar-refractivity contribution in [2.24, 2.45) is 0 Å². The first-order valence-electron chi connectivity index (χ1n) is 2.28. The second-order valence-electron chi connectivity index (χ2n) is 1.57. The second-order valence-corrected chi connectivity index (χ2v) is 1.57. The van der Waals surface area contributed by atoms with E-state index in [1.807, 2.05) is 0 Å². The summed E-state index contributed by atoms with van der Waals surface area (Å²) in [5.74, 6) is -3.54. The molecule has 0 fully saturated rings. The number of aliphatic hydroxyl groups excluding tert-OH is 2. The van der Waals surface area contributed by atoms with Gasteiger partial charge in [0.25, 0.3) is 0 Å². The number of aliphatic carboxylic acids is 2. The van der Waals surface area contributed by atoms with Gasteiger partial charge in [-0.3, -0.25) is 0 Å². The fourth-order valence-electron chi connectivity index (χ4n) is 0.270. The van der Waals surface area contributed by atoms with Crippen LogP contribution < -0.4 is 51.4 Å². The molecule has 0 aliphatic carbocycles. The van der Waals surface area contributed by atoms with Gasteiger partial charge in [0.05, 0.1) is 0 Å². The molecule has 6 nitrogen and oxygen atoms in total. The maximum Gasteiger partial charge on any atom is 1.00 e. The van der Waals surface area contributed by atoms with Crippen molar-refractivity contribution in [3.05, 3.63) is 0 Å². The molecule has 0 bridgehead atoms. The molecule has 7 heteroatoms. The zero-order valence-electron chi connectivity index (χ0n) is 5.76. The van der Waals surface area contributed by atoms with Crippen LogP contribution in [0.3, 0.4) is 0 Å². The predicted molar refractivity (Wildman–Crippen MR) is 27.3 cm³/mol. The van der Waals surface area contributed by atoms with E-state index in [4.69, 9.17) is 20.4 Å². The molecule has 0 amide bonds. The summed E-state index contributed by atoms with van der Waals surface area (Å²) in [4.78, 5) is 19.5. The number of hydrogen-bond acceptors (Lipinski definition) is 4. The van der Waals surface area contributed by atoms with E-state index in [-0.39, 0.29) is 51.4 Å². The van der Waals surface area contributed by atoms with Crippen molar-refractivity contribution in [1.29, 1.82) is 0 Å². The van der Waals surface area contributed by atoms with Gasteiger partial charge < -0.3 is 20.4 Å². The van der Waals surface area contributed by atoms with Crippen molar-refractivity contribution >= 4 is 11.9 Å². The first-order valence-corrected chi connectivity index (χ1v) is 2.28.